The Hall–Kier alpha value is -2.62. The Morgan fingerprint density at radius 2 is 2.10 bits per heavy atom. The van der Waals surface area contributed by atoms with Gasteiger partial charge in [-0.3, -0.25) is 0 Å². The molecule has 0 spiro atoms. The summed E-state index contributed by atoms with van der Waals surface area (Å²) in [7, 11) is 0. The zero-order valence-corrected chi connectivity index (χ0v) is 12.2. The summed E-state index contributed by atoms with van der Waals surface area (Å²) < 4.78 is 6.78. The molecule has 0 aliphatic heterocycles. The van der Waals surface area contributed by atoms with Crippen molar-refractivity contribution in [1.29, 1.82) is 0 Å². The van der Waals surface area contributed by atoms with Crippen molar-refractivity contribution in [2.24, 2.45) is 0 Å². The van der Waals surface area contributed by atoms with Gasteiger partial charge in [0.2, 0.25) is 0 Å². The van der Waals surface area contributed by atoms with Crippen LogP contribution in [0.15, 0.2) is 43.0 Å². The van der Waals surface area contributed by atoms with Crippen molar-refractivity contribution in [3.05, 3.63) is 65.8 Å². The second-order valence-corrected chi connectivity index (χ2v) is 4.51. The van der Waals surface area contributed by atoms with Gasteiger partial charge in [0.1, 0.15) is 12.4 Å². The Morgan fingerprint density at radius 3 is 2.71 bits per heavy atom. The van der Waals surface area contributed by atoms with Crippen LogP contribution in [-0.4, -0.2) is 15.6 Å². The molecule has 0 aliphatic rings. The van der Waals surface area contributed by atoms with E-state index in [0.717, 1.165) is 5.56 Å². The number of carbonyl (C=O) groups is 1. The highest BCUT2D eigenvalue weighted by molar-refractivity contribution is 5.77. The van der Waals surface area contributed by atoms with E-state index in [1.54, 1.807) is 13.0 Å². The maximum atomic E-state index is 12.3. The summed E-state index contributed by atoms with van der Waals surface area (Å²) in [6.07, 6.45) is 4.87. The fourth-order valence-corrected chi connectivity index (χ4v) is 2.06. The molecular weight excluding hydrogens is 264 g/mol. The van der Waals surface area contributed by atoms with Gasteiger partial charge in [-0.05, 0) is 31.6 Å². The average Bonchev–Trinajstić information content (AvgIpc) is 2.82. The van der Waals surface area contributed by atoms with Gasteiger partial charge < -0.3 is 4.74 Å². The molecule has 4 nitrogen and oxygen atoms in total. The second kappa shape index (κ2) is 6.70. The van der Waals surface area contributed by atoms with E-state index in [1.807, 2.05) is 49.4 Å². The first-order chi connectivity index (χ1) is 10.2. The quantitative estimate of drug-likeness (QED) is 0.849. The second-order valence-electron chi connectivity index (χ2n) is 4.51. The van der Waals surface area contributed by atoms with Gasteiger partial charge in [0.05, 0.1) is 11.4 Å². The van der Waals surface area contributed by atoms with Crippen molar-refractivity contribution in [1.82, 2.24) is 9.55 Å². The minimum atomic E-state index is -0.450. The third-order valence-electron chi connectivity index (χ3n) is 3.01. The Labute approximate surface area is 124 Å². The molecule has 1 aromatic carbocycles. The first-order valence-electron chi connectivity index (χ1n) is 6.73. The maximum Gasteiger partial charge on any atom is 0.420 e. The molecule has 0 saturated heterocycles. The number of aromatic nitrogens is 2. The van der Waals surface area contributed by atoms with Gasteiger partial charge in [-0.2, -0.15) is 0 Å². The maximum absolute atomic E-state index is 12.3. The number of imidazole rings is 1. The molecule has 0 amide bonds. The van der Waals surface area contributed by atoms with E-state index in [0.29, 0.717) is 17.2 Å². The molecule has 0 N–H and O–H groups in total. The van der Waals surface area contributed by atoms with Crippen LogP contribution in [0, 0.1) is 6.92 Å². The van der Waals surface area contributed by atoms with Gasteiger partial charge in [-0.15, -0.1) is 0 Å². The molecule has 2 aromatic rings. The standard InChI is InChI=1S/C17H18N2O2/c1-4-9-15-16(5-2)19(13(3)18-15)17(20)21-12-14-10-7-6-8-11-14/h4-11H,2,12H2,1,3H3/b9-4-. The van der Waals surface area contributed by atoms with Crippen molar-refractivity contribution < 1.29 is 9.53 Å². The molecule has 0 saturated carbocycles. The number of benzene rings is 1. The van der Waals surface area contributed by atoms with Crippen molar-refractivity contribution >= 4 is 18.2 Å². The molecule has 2 rings (SSSR count). The largest absolute Gasteiger partial charge is 0.444 e. The lowest BCUT2D eigenvalue weighted by Gasteiger charge is -2.08. The molecule has 108 valence electrons. The SMILES string of the molecule is C=Cc1c(/C=C\C)nc(C)n1C(=O)OCc1ccccc1. The minimum Gasteiger partial charge on any atom is -0.444 e. The van der Waals surface area contributed by atoms with Gasteiger partial charge >= 0.3 is 6.09 Å². The molecule has 1 aromatic heterocycles. The average molecular weight is 282 g/mol. The molecule has 4 heteroatoms. The lowest BCUT2D eigenvalue weighted by atomic mass is 10.2. The van der Waals surface area contributed by atoms with Gasteiger partial charge in [0, 0.05) is 0 Å². The predicted octanol–water partition coefficient (Wildman–Crippen LogP) is 4.05. The Bertz CT molecular complexity index is 670. The number of carbonyl (C=O) groups excluding carboxylic acids is 1. The lowest BCUT2D eigenvalue weighted by Crippen LogP contribution is -2.16. The molecule has 0 bridgehead atoms. The van der Waals surface area contributed by atoms with E-state index in [9.17, 15) is 4.79 Å². The molecule has 1 heterocycles. The predicted molar refractivity (Wildman–Crippen MR) is 83.8 cm³/mol. The van der Waals surface area contributed by atoms with Crippen LogP contribution in [0.1, 0.15) is 29.7 Å². The van der Waals surface area contributed by atoms with Crippen LogP contribution < -0.4 is 0 Å². The van der Waals surface area contributed by atoms with Gasteiger partial charge in [-0.1, -0.05) is 43.0 Å². The third-order valence-corrected chi connectivity index (χ3v) is 3.01. The third kappa shape index (κ3) is 3.28. The summed E-state index contributed by atoms with van der Waals surface area (Å²) in [5.41, 5.74) is 2.29. The van der Waals surface area contributed by atoms with Crippen LogP contribution in [0.2, 0.25) is 0 Å². The van der Waals surface area contributed by atoms with Crippen LogP contribution in [0.25, 0.3) is 12.2 Å². The van der Waals surface area contributed by atoms with Crippen LogP contribution >= 0.6 is 0 Å². The van der Waals surface area contributed by atoms with E-state index in [-0.39, 0.29) is 6.61 Å². The Morgan fingerprint density at radius 1 is 1.38 bits per heavy atom. The molecule has 0 fully saturated rings. The van der Waals surface area contributed by atoms with Crippen molar-refractivity contribution in [3.63, 3.8) is 0 Å². The van der Waals surface area contributed by atoms with Gasteiger partial charge in [-0.25, -0.2) is 14.3 Å². The smallest absolute Gasteiger partial charge is 0.420 e. The number of hydrogen-bond acceptors (Lipinski definition) is 3. The topological polar surface area (TPSA) is 44.1 Å². The number of nitrogens with zero attached hydrogens (tertiary/aromatic N) is 2. The first-order valence-corrected chi connectivity index (χ1v) is 6.73. The molecule has 0 atom stereocenters. The van der Waals surface area contributed by atoms with Crippen LogP contribution in [-0.2, 0) is 11.3 Å². The van der Waals surface area contributed by atoms with Crippen molar-refractivity contribution in [2.45, 2.75) is 20.5 Å². The summed E-state index contributed by atoms with van der Waals surface area (Å²) in [5.74, 6) is 0.580. The van der Waals surface area contributed by atoms with E-state index in [1.165, 1.54) is 4.57 Å². The van der Waals surface area contributed by atoms with Crippen LogP contribution in [0.4, 0.5) is 4.79 Å². The molecule has 0 unspecified atom stereocenters. The van der Waals surface area contributed by atoms with Crippen molar-refractivity contribution in [2.75, 3.05) is 0 Å². The highest BCUT2D eigenvalue weighted by Gasteiger charge is 2.17. The van der Waals surface area contributed by atoms with Crippen LogP contribution in [0.3, 0.4) is 0 Å². The van der Waals surface area contributed by atoms with Crippen LogP contribution in [0.5, 0.6) is 0 Å². The molecule has 0 aliphatic carbocycles. The zero-order valence-electron chi connectivity index (χ0n) is 12.2. The minimum absolute atomic E-state index is 0.229. The summed E-state index contributed by atoms with van der Waals surface area (Å²) in [6.45, 7) is 7.64. The van der Waals surface area contributed by atoms with Crippen molar-refractivity contribution in [3.8, 4) is 0 Å². The summed E-state index contributed by atoms with van der Waals surface area (Å²) in [5, 5.41) is 0. The molecule has 0 radical (unpaired) electrons. The monoisotopic (exact) mass is 282 g/mol. The van der Waals surface area contributed by atoms with E-state index in [4.69, 9.17) is 4.74 Å². The number of aryl methyl sites for hydroxylation is 1. The normalized spacial score (nSPS) is 10.8. The summed E-state index contributed by atoms with van der Waals surface area (Å²) >= 11 is 0. The zero-order chi connectivity index (χ0) is 15.2. The first kappa shape index (κ1) is 14.8. The fourth-order valence-electron chi connectivity index (χ4n) is 2.06. The molecule has 21 heavy (non-hydrogen) atoms. The van der Waals surface area contributed by atoms with Gasteiger partial charge in [0.25, 0.3) is 0 Å². The Kier molecular flexibility index (Phi) is 4.72. The fraction of sp³-hybridized carbons (Fsp3) is 0.176. The van der Waals surface area contributed by atoms with Gasteiger partial charge in [0.15, 0.2) is 0 Å². The molecular formula is C17H18N2O2. The number of allylic oxidation sites excluding steroid dienone is 1. The lowest BCUT2D eigenvalue weighted by molar-refractivity contribution is 0.140. The number of rotatable bonds is 4. The highest BCUT2D eigenvalue weighted by atomic mass is 16.5. The van der Waals surface area contributed by atoms with E-state index >= 15 is 0 Å². The van der Waals surface area contributed by atoms with E-state index < -0.39 is 6.09 Å². The summed E-state index contributed by atoms with van der Waals surface area (Å²) in [6, 6.07) is 9.56. The van der Waals surface area contributed by atoms with E-state index in [2.05, 4.69) is 11.6 Å². The number of hydrogen-bond donors (Lipinski definition) is 0. The highest BCUT2D eigenvalue weighted by Crippen LogP contribution is 2.16. The summed E-state index contributed by atoms with van der Waals surface area (Å²) in [4.78, 5) is 16.6. The Balaban J connectivity index is 2.21. The number of ether oxygens (including phenoxy) is 1.